The van der Waals surface area contributed by atoms with Crippen LogP contribution in [0.2, 0.25) is 0 Å². The third kappa shape index (κ3) is 6.19. The van der Waals surface area contributed by atoms with Gasteiger partial charge in [0, 0.05) is 5.54 Å². The lowest BCUT2D eigenvalue weighted by atomic mass is 9.79. The van der Waals surface area contributed by atoms with E-state index >= 15 is 0 Å². The maximum absolute atomic E-state index is 5.75. The summed E-state index contributed by atoms with van der Waals surface area (Å²) in [5.41, 5.74) is 6.40. The van der Waals surface area contributed by atoms with Crippen molar-refractivity contribution >= 4 is 0 Å². The molecule has 18 heavy (non-hydrogen) atoms. The van der Waals surface area contributed by atoms with Gasteiger partial charge in [-0.25, -0.2) is 0 Å². The average molecular weight is 254 g/mol. The van der Waals surface area contributed by atoms with Crippen LogP contribution in [0.5, 0.6) is 0 Å². The highest BCUT2D eigenvalue weighted by Crippen LogP contribution is 2.30. The Balaban J connectivity index is 2.28. The highest BCUT2D eigenvalue weighted by molar-refractivity contribution is 4.85. The van der Waals surface area contributed by atoms with E-state index in [1.807, 2.05) is 0 Å². The van der Waals surface area contributed by atoms with Crippen LogP contribution in [0.4, 0.5) is 0 Å². The molecule has 1 aliphatic carbocycles. The first-order valence-electron chi connectivity index (χ1n) is 7.67. The van der Waals surface area contributed by atoms with Gasteiger partial charge in [0.2, 0.25) is 0 Å². The fourth-order valence-electron chi connectivity index (χ4n) is 3.48. The minimum absolute atomic E-state index is 0.253. The van der Waals surface area contributed by atoms with Crippen molar-refractivity contribution in [2.45, 2.75) is 72.3 Å². The summed E-state index contributed by atoms with van der Waals surface area (Å²) in [5.74, 6) is 1.66. The second kappa shape index (κ2) is 6.38. The number of hydrogen-bond acceptors (Lipinski definition) is 2. The van der Waals surface area contributed by atoms with Gasteiger partial charge in [0.25, 0.3) is 0 Å². The molecule has 0 radical (unpaired) electrons. The van der Waals surface area contributed by atoms with E-state index in [-0.39, 0.29) is 5.54 Å². The predicted molar refractivity (Wildman–Crippen MR) is 80.7 cm³/mol. The van der Waals surface area contributed by atoms with Crippen molar-refractivity contribution in [1.29, 1.82) is 0 Å². The van der Waals surface area contributed by atoms with Gasteiger partial charge in [-0.05, 0) is 76.3 Å². The highest BCUT2D eigenvalue weighted by Gasteiger charge is 2.27. The third-order valence-corrected chi connectivity index (χ3v) is 4.14. The number of rotatable bonds is 5. The number of nitrogens with one attached hydrogen (secondary N) is 1. The molecule has 0 spiro atoms. The van der Waals surface area contributed by atoms with Crippen LogP contribution in [0.25, 0.3) is 0 Å². The van der Waals surface area contributed by atoms with Crippen molar-refractivity contribution in [2.24, 2.45) is 23.0 Å². The quantitative estimate of drug-likeness (QED) is 0.787. The zero-order chi connectivity index (χ0) is 13.8. The Morgan fingerprint density at radius 2 is 1.44 bits per heavy atom. The fraction of sp³-hybridized carbons (Fsp3) is 1.00. The molecule has 0 aromatic heterocycles. The van der Waals surface area contributed by atoms with E-state index in [2.05, 4.69) is 39.9 Å². The normalized spacial score (nSPS) is 26.3. The molecule has 0 saturated heterocycles. The molecule has 0 aromatic carbocycles. The molecule has 0 heterocycles. The molecule has 0 bridgehead atoms. The summed E-state index contributed by atoms with van der Waals surface area (Å²) >= 11 is 0. The summed E-state index contributed by atoms with van der Waals surface area (Å²) in [4.78, 5) is 0. The largest absolute Gasteiger partial charge is 0.330 e. The zero-order valence-corrected chi connectivity index (χ0v) is 13.2. The van der Waals surface area contributed by atoms with Crippen LogP contribution < -0.4 is 11.1 Å². The molecule has 108 valence electrons. The maximum Gasteiger partial charge on any atom is 0.0130 e. The molecule has 0 atom stereocenters. The Labute approximate surface area is 114 Å². The number of nitrogens with two attached hydrogens (primary N) is 1. The first-order chi connectivity index (χ1) is 8.22. The lowest BCUT2D eigenvalue weighted by Gasteiger charge is -2.36. The Kier molecular flexibility index (Phi) is 5.67. The lowest BCUT2D eigenvalue weighted by molar-refractivity contribution is 0.209. The van der Waals surface area contributed by atoms with Gasteiger partial charge in [-0.2, -0.15) is 0 Å². The molecule has 2 heteroatoms. The molecule has 2 nitrogen and oxygen atoms in total. The van der Waals surface area contributed by atoms with Crippen molar-refractivity contribution in [3.05, 3.63) is 0 Å². The van der Waals surface area contributed by atoms with E-state index in [4.69, 9.17) is 5.73 Å². The lowest BCUT2D eigenvalue weighted by Crippen LogP contribution is -2.45. The monoisotopic (exact) mass is 254 g/mol. The standard InChI is InChI=1S/C16H34N2/c1-15(2,3)12-16(4,5)18-11-14-8-6-13(10-17)7-9-14/h13-14,18H,6-12,17H2,1-5H3. The van der Waals surface area contributed by atoms with Crippen LogP contribution >= 0.6 is 0 Å². The summed E-state index contributed by atoms with van der Waals surface area (Å²) in [6, 6.07) is 0. The highest BCUT2D eigenvalue weighted by atomic mass is 15.0. The first kappa shape index (κ1) is 16.0. The molecule has 1 rings (SSSR count). The minimum atomic E-state index is 0.253. The van der Waals surface area contributed by atoms with Gasteiger partial charge in [-0.1, -0.05) is 20.8 Å². The van der Waals surface area contributed by atoms with Crippen molar-refractivity contribution < 1.29 is 0 Å². The fourth-order valence-corrected chi connectivity index (χ4v) is 3.48. The Morgan fingerprint density at radius 3 is 1.89 bits per heavy atom. The molecule has 3 N–H and O–H groups in total. The summed E-state index contributed by atoms with van der Waals surface area (Å²) in [6.45, 7) is 13.7. The zero-order valence-electron chi connectivity index (χ0n) is 13.2. The summed E-state index contributed by atoms with van der Waals surface area (Å²) < 4.78 is 0. The van der Waals surface area contributed by atoms with Gasteiger partial charge in [0.1, 0.15) is 0 Å². The van der Waals surface area contributed by atoms with Gasteiger partial charge in [0.15, 0.2) is 0 Å². The Bertz CT molecular complexity index is 232. The molecule has 0 aliphatic heterocycles. The molecule has 1 saturated carbocycles. The van der Waals surface area contributed by atoms with Crippen molar-refractivity contribution in [2.75, 3.05) is 13.1 Å². The number of hydrogen-bond donors (Lipinski definition) is 2. The molecule has 0 unspecified atom stereocenters. The van der Waals surface area contributed by atoms with Crippen LogP contribution in [-0.4, -0.2) is 18.6 Å². The Morgan fingerprint density at radius 1 is 0.944 bits per heavy atom. The van der Waals surface area contributed by atoms with Crippen LogP contribution in [0, 0.1) is 17.3 Å². The van der Waals surface area contributed by atoms with Crippen LogP contribution in [0.3, 0.4) is 0 Å². The van der Waals surface area contributed by atoms with E-state index in [0.29, 0.717) is 5.41 Å². The molecular formula is C16H34N2. The van der Waals surface area contributed by atoms with E-state index in [1.165, 1.54) is 38.6 Å². The minimum Gasteiger partial charge on any atom is -0.330 e. The van der Waals surface area contributed by atoms with E-state index < -0.39 is 0 Å². The smallest absolute Gasteiger partial charge is 0.0130 e. The summed E-state index contributed by atoms with van der Waals surface area (Å²) in [5, 5.41) is 3.79. The predicted octanol–water partition coefficient (Wildman–Crippen LogP) is 3.56. The first-order valence-corrected chi connectivity index (χ1v) is 7.67. The van der Waals surface area contributed by atoms with Crippen molar-refractivity contribution in [3.8, 4) is 0 Å². The van der Waals surface area contributed by atoms with E-state index in [0.717, 1.165) is 18.4 Å². The van der Waals surface area contributed by atoms with Gasteiger partial charge in [-0.3, -0.25) is 0 Å². The van der Waals surface area contributed by atoms with E-state index in [1.54, 1.807) is 0 Å². The molecule has 1 aliphatic rings. The van der Waals surface area contributed by atoms with Crippen molar-refractivity contribution in [1.82, 2.24) is 5.32 Å². The Hall–Kier alpha value is -0.0800. The van der Waals surface area contributed by atoms with E-state index in [9.17, 15) is 0 Å². The maximum atomic E-state index is 5.75. The third-order valence-electron chi connectivity index (χ3n) is 4.14. The second-order valence-corrected chi connectivity index (χ2v) is 8.12. The van der Waals surface area contributed by atoms with Crippen LogP contribution in [0.1, 0.15) is 66.7 Å². The van der Waals surface area contributed by atoms with Gasteiger partial charge in [-0.15, -0.1) is 0 Å². The van der Waals surface area contributed by atoms with Crippen LogP contribution in [-0.2, 0) is 0 Å². The SMILES string of the molecule is CC(C)(C)CC(C)(C)NCC1CCC(CN)CC1. The molecule has 1 fully saturated rings. The second-order valence-electron chi connectivity index (χ2n) is 8.12. The molecule has 0 amide bonds. The van der Waals surface area contributed by atoms with Gasteiger partial charge < -0.3 is 11.1 Å². The summed E-state index contributed by atoms with van der Waals surface area (Å²) in [7, 11) is 0. The molecule has 0 aromatic rings. The van der Waals surface area contributed by atoms with Crippen LogP contribution in [0.15, 0.2) is 0 Å². The molecular weight excluding hydrogens is 220 g/mol. The summed E-state index contributed by atoms with van der Waals surface area (Å²) in [6.07, 6.45) is 6.62. The van der Waals surface area contributed by atoms with Gasteiger partial charge >= 0.3 is 0 Å². The van der Waals surface area contributed by atoms with Gasteiger partial charge in [0.05, 0.1) is 0 Å². The average Bonchev–Trinajstić information content (AvgIpc) is 2.24. The topological polar surface area (TPSA) is 38.0 Å². The van der Waals surface area contributed by atoms with Crippen molar-refractivity contribution in [3.63, 3.8) is 0 Å².